The molecule has 0 aliphatic heterocycles. The molecule has 0 spiro atoms. The van der Waals surface area contributed by atoms with Crippen LogP contribution in [0.4, 0.5) is 4.79 Å². The molecule has 0 bridgehead atoms. The largest absolute Gasteiger partial charge is 0.444 e. The number of carbonyl (C=O) groups is 3. The fraction of sp³-hybridized carbons (Fsp3) is 0.700. The predicted octanol–water partition coefficient (Wildman–Crippen LogP) is 6.31. The lowest BCUT2D eigenvalue weighted by Crippen LogP contribution is -2.55. The quantitative estimate of drug-likeness (QED) is 0.281. The number of benzene rings is 1. The van der Waals surface area contributed by atoms with Crippen molar-refractivity contribution in [3.05, 3.63) is 34.9 Å². The normalized spacial score (nSPS) is 13.4. The Bertz CT molecular complexity index is 921. The molecule has 0 aromatic heterocycles. The van der Waals surface area contributed by atoms with Crippen LogP contribution in [0.5, 0.6) is 0 Å². The number of hydrogen-bond acceptors (Lipinski definition) is 5. The third kappa shape index (κ3) is 12.1. The molecule has 38 heavy (non-hydrogen) atoms. The van der Waals surface area contributed by atoms with Crippen molar-refractivity contribution in [3.63, 3.8) is 0 Å². The van der Waals surface area contributed by atoms with Crippen LogP contribution in [-0.4, -0.2) is 58.5 Å². The van der Waals surface area contributed by atoms with Gasteiger partial charge >= 0.3 is 6.09 Å². The molecule has 216 valence electrons. The molecule has 0 aliphatic carbocycles. The Morgan fingerprint density at radius 3 is 2.24 bits per heavy atom. The van der Waals surface area contributed by atoms with Gasteiger partial charge in [0.1, 0.15) is 17.7 Å². The molecule has 1 aromatic carbocycles. The Morgan fingerprint density at radius 2 is 1.68 bits per heavy atom. The standard InChI is InChI=1S/C30H51N3O4S/c1-11-12-13-14-18-33(27(35)24(17-19-38-10)31-28(36)37-30(7,8)9)25(26(34)32-29(4,5)6)23-20-21(2)15-16-22(23)3/h15-16,20,24-25H,11-14,17-19H2,1-10H3,(H,31,36)(H,32,34). The minimum Gasteiger partial charge on any atom is -0.444 e. The number of nitrogens with zero attached hydrogens (tertiary/aromatic N) is 1. The van der Waals surface area contributed by atoms with E-state index in [2.05, 4.69) is 17.6 Å². The van der Waals surface area contributed by atoms with Crippen molar-refractivity contribution in [1.82, 2.24) is 15.5 Å². The Balaban J connectivity index is 3.58. The van der Waals surface area contributed by atoms with Crippen LogP contribution in [0.25, 0.3) is 0 Å². The lowest BCUT2D eigenvalue weighted by molar-refractivity contribution is -0.143. The van der Waals surface area contributed by atoms with Crippen molar-refractivity contribution in [2.75, 3.05) is 18.6 Å². The number of aryl methyl sites for hydroxylation is 2. The molecule has 0 aliphatic rings. The second-order valence-electron chi connectivity index (χ2n) is 12.1. The van der Waals surface area contributed by atoms with Gasteiger partial charge < -0.3 is 20.3 Å². The maximum atomic E-state index is 14.3. The van der Waals surface area contributed by atoms with Crippen LogP contribution >= 0.6 is 11.8 Å². The average Bonchev–Trinajstić information content (AvgIpc) is 2.77. The van der Waals surface area contributed by atoms with E-state index in [1.807, 2.05) is 59.1 Å². The van der Waals surface area contributed by atoms with E-state index in [1.165, 1.54) is 0 Å². The third-order valence-electron chi connectivity index (χ3n) is 5.92. The highest BCUT2D eigenvalue weighted by atomic mass is 32.2. The highest BCUT2D eigenvalue weighted by Crippen LogP contribution is 2.28. The molecule has 1 rings (SSSR count). The lowest BCUT2D eigenvalue weighted by Gasteiger charge is -2.36. The van der Waals surface area contributed by atoms with Crippen LogP contribution in [0.1, 0.15) is 103 Å². The van der Waals surface area contributed by atoms with Gasteiger partial charge in [-0.25, -0.2) is 4.79 Å². The first-order valence-corrected chi connectivity index (χ1v) is 15.2. The van der Waals surface area contributed by atoms with Crippen LogP contribution in [-0.2, 0) is 14.3 Å². The fourth-order valence-corrected chi connectivity index (χ4v) is 4.63. The molecule has 0 radical (unpaired) electrons. The zero-order valence-corrected chi connectivity index (χ0v) is 26.1. The van der Waals surface area contributed by atoms with E-state index < -0.39 is 29.3 Å². The lowest BCUT2D eigenvalue weighted by atomic mass is 9.94. The second kappa shape index (κ2) is 15.4. The molecule has 2 atom stereocenters. The maximum Gasteiger partial charge on any atom is 0.408 e. The number of carbonyl (C=O) groups excluding carboxylic acids is 3. The summed E-state index contributed by atoms with van der Waals surface area (Å²) in [5.74, 6) is 0.186. The number of ether oxygens (including phenoxy) is 1. The van der Waals surface area contributed by atoms with E-state index in [-0.39, 0.29) is 11.8 Å². The molecule has 0 saturated heterocycles. The summed E-state index contributed by atoms with van der Waals surface area (Å²) in [6.45, 7) is 17.7. The zero-order chi connectivity index (χ0) is 29.1. The number of nitrogens with one attached hydrogen (secondary N) is 2. The summed E-state index contributed by atoms with van der Waals surface area (Å²) in [4.78, 5) is 42.6. The van der Waals surface area contributed by atoms with Gasteiger partial charge in [-0.15, -0.1) is 0 Å². The van der Waals surface area contributed by atoms with E-state index in [9.17, 15) is 14.4 Å². The first-order valence-electron chi connectivity index (χ1n) is 13.8. The SMILES string of the molecule is CCCCCCN(C(=O)C(CCSC)NC(=O)OC(C)(C)C)C(C(=O)NC(C)(C)C)c1cc(C)ccc1C. The maximum absolute atomic E-state index is 14.3. The average molecular weight is 550 g/mol. The Labute approximate surface area is 235 Å². The fourth-order valence-electron chi connectivity index (χ4n) is 4.16. The van der Waals surface area contributed by atoms with Gasteiger partial charge in [-0.3, -0.25) is 9.59 Å². The van der Waals surface area contributed by atoms with Crippen molar-refractivity contribution in [2.24, 2.45) is 0 Å². The molecule has 2 unspecified atom stereocenters. The molecule has 8 heteroatoms. The number of thioether (sulfide) groups is 1. The predicted molar refractivity (Wildman–Crippen MR) is 159 cm³/mol. The summed E-state index contributed by atoms with van der Waals surface area (Å²) in [5, 5.41) is 5.92. The Kier molecular flexibility index (Phi) is 13.7. The van der Waals surface area contributed by atoms with Gasteiger partial charge in [0.15, 0.2) is 0 Å². The van der Waals surface area contributed by atoms with Crippen LogP contribution in [0.3, 0.4) is 0 Å². The van der Waals surface area contributed by atoms with E-state index in [0.717, 1.165) is 42.4 Å². The molecular weight excluding hydrogens is 498 g/mol. The monoisotopic (exact) mass is 549 g/mol. The third-order valence-corrected chi connectivity index (χ3v) is 6.57. The van der Waals surface area contributed by atoms with Gasteiger partial charge in [-0.1, -0.05) is 49.9 Å². The van der Waals surface area contributed by atoms with E-state index in [1.54, 1.807) is 37.4 Å². The molecule has 0 heterocycles. The minimum absolute atomic E-state index is 0.226. The molecule has 1 aromatic rings. The highest BCUT2D eigenvalue weighted by molar-refractivity contribution is 7.98. The van der Waals surface area contributed by atoms with Gasteiger partial charge in [0.2, 0.25) is 11.8 Å². The Hall–Kier alpha value is -2.22. The number of amides is 3. The number of alkyl carbamates (subject to hydrolysis) is 1. The van der Waals surface area contributed by atoms with Crippen molar-refractivity contribution >= 4 is 29.7 Å². The van der Waals surface area contributed by atoms with Crippen molar-refractivity contribution in [3.8, 4) is 0 Å². The van der Waals surface area contributed by atoms with Gasteiger partial charge in [-0.2, -0.15) is 11.8 Å². The molecule has 0 fully saturated rings. The van der Waals surface area contributed by atoms with Crippen molar-refractivity contribution in [1.29, 1.82) is 0 Å². The summed E-state index contributed by atoms with van der Waals surface area (Å²) in [7, 11) is 0. The first-order chi connectivity index (χ1) is 17.6. The van der Waals surface area contributed by atoms with Gasteiger partial charge in [0.25, 0.3) is 0 Å². The summed E-state index contributed by atoms with van der Waals surface area (Å²) in [5.41, 5.74) is 1.60. The summed E-state index contributed by atoms with van der Waals surface area (Å²) in [6.07, 6.45) is 5.61. The summed E-state index contributed by atoms with van der Waals surface area (Å²) in [6, 6.07) is 4.37. The van der Waals surface area contributed by atoms with Crippen molar-refractivity contribution in [2.45, 2.75) is 118 Å². The zero-order valence-electron chi connectivity index (χ0n) is 25.3. The molecule has 2 N–H and O–H groups in total. The van der Waals surface area contributed by atoms with E-state index >= 15 is 0 Å². The summed E-state index contributed by atoms with van der Waals surface area (Å²) < 4.78 is 5.48. The van der Waals surface area contributed by atoms with Crippen molar-refractivity contribution < 1.29 is 19.1 Å². The first kappa shape index (κ1) is 33.8. The van der Waals surface area contributed by atoms with E-state index in [4.69, 9.17) is 4.74 Å². The topological polar surface area (TPSA) is 87.7 Å². The van der Waals surface area contributed by atoms with Crippen LogP contribution in [0.2, 0.25) is 0 Å². The number of unbranched alkanes of at least 4 members (excludes halogenated alkanes) is 3. The molecule has 3 amide bonds. The van der Waals surface area contributed by atoms with Gasteiger partial charge in [0.05, 0.1) is 0 Å². The minimum atomic E-state index is -0.819. The molecule has 7 nitrogen and oxygen atoms in total. The second-order valence-corrected chi connectivity index (χ2v) is 13.1. The van der Waals surface area contributed by atoms with Crippen LogP contribution in [0.15, 0.2) is 18.2 Å². The highest BCUT2D eigenvalue weighted by Gasteiger charge is 2.37. The number of rotatable bonds is 13. The number of hydrogen-bond donors (Lipinski definition) is 2. The van der Waals surface area contributed by atoms with Crippen LogP contribution < -0.4 is 10.6 Å². The molecule has 0 saturated carbocycles. The smallest absolute Gasteiger partial charge is 0.408 e. The summed E-state index contributed by atoms with van der Waals surface area (Å²) >= 11 is 1.60. The van der Waals surface area contributed by atoms with Gasteiger partial charge in [0, 0.05) is 12.1 Å². The Morgan fingerprint density at radius 1 is 1.03 bits per heavy atom. The van der Waals surface area contributed by atoms with E-state index in [0.29, 0.717) is 18.7 Å². The van der Waals surface area contributed by atoms with Crippen LogP contribution in [0, 0.1) is 13.8 Å². The van der Waals surface area contributed by atoms with Gasteiger partial charge in [-0.05, 0) is 91.4 Å². The molecular formula is C30H51N3O4S.